The molecule has 0 N–H and O–H groups in total. The molecule has 0 unspecified atom stereocenters. The van der Waals surface area contributed by atoms with Gasteiger partial charge in [0.25, 0.3) is 0 Å². The summed E-state index contributed by atoms with van der Waals surface area (Å²) < 4.78 is 11.3. The fraction of sp³-hybridized carbons (Fsp3) is 0.333. The Hall–Kier alpha value is -2.64. The molecule has 0 aromatic carbocycles. The lowest BCUT2D eigenvalue weighted by atomic mass is 10.2. The SMILES string of the molecule is COC(=O)c1ccoc1Cn1nc(C)c([N+](=O)[O-])c1C. The smallest absolute Gasteiger partial charge is 0.341 e. The molecule has 0 saturated heterocycles. The highest BCUT2D eigenvalue weighted by Crippen LogP contribution is 2.23. The minimum Gasteiger partial charge on any atom is -0.466 e. The van der Waals surface area contributed by atoms with Crippen LogP contribution in [0.5, 0.6) is 0 Å². The van der Waals surface area contributed by atoms with Gasteiger partial charge >= 0.3 is 11.7 Å². The van der Waals surface area contributed by atoms with Crippen molar-refractivity contribution in [2.75, 3.05) is 7.11 Å². The van der Waals surface area contributed by atoms with Crippen LogP contribution in [0.25, 0.3) is 0 Å². The van der Waals surface area contributed by atoms with E-state index < -0.39 is 10.9 Å². The van der Waals surface area contributed by atoms with Gasteiger partial charge in [-0.25, -0.2) is 4.79 Å². The molecule has 0 aliphatic heterocycles. The molecule has 2 aromatic heterocycles. The first-order valence-corrected chi connectivity index (χ1v) is 5.78. The zero-order valence-corrected chi connectivity index (χ0v) is 11.2. The number of rotatable bonds is 4. The largest absolute Gasteiger partial charge is 0.466 e. The van der Waals surface area contributed by atoms with Gasteiger partial charge in [0.05, 0.1) is 18.3 Å². The second-order valence-corrected chi connectivity index (χ2v) is 4.18. The normalized spacial score (nSPS) is 10.6. The van der Waals surface area contributed by atoms with Crippen LogP contribution in [0.3, 0.4) is 0 Å². The maximum absolute atomic E-state index is 11.5. The summed E-state index contributed by atoms with van der Waals surface area (Å²) in [6.45, 7) is 3.28. The minimum atomic E-state index is -0.523. The molecule has 0 aliphatic carbocycles. The number of carbonyl (C=O) groups is 1. The standard InChI is InChI=1S/C12H13N3O5/c1-7-11(15(17)18)8(2)14(13-7)6-10-9(4-5-20-10)12(16)19-3/h4-5H,6H2,1-3H3. The number of ether oxygens (including phenoxy) is 1. The van der Waals surface area contributed by atoms with Gasteiger partial charge in [-0.3, -0.25) is 14.8 Å². The average Bonchev–Trinajstić information content (AvgIpc) is 2.94. The minimum absolute atomic E-state index is 0.0313. The second-order valence-electron chi connectivity index (χ2n) is 4.18. The number of furan rings is 1. The molecule has 0 aliphatic rings. The quantitative estimate of drug-likeness (QED) is 0.481. The Kier molecular flexibility index (Phi) is 3.55. The molecular weight excluding hydrogens is 266 g/mol. The van der Waals surface area contributed by atoms with Crippen LogP contribution in [0.15, 0.2) is 16.7 Å². The van der Waals surface area contributed by atoms with E-state index in [-0.39, 0.29) is 17.8 Å². The van der Waals surface area contributed by atoms with Gasteiger partial charge < -0.3 is 9.15 Å². The van der Waals surface area contributed by atoms with Gasteiger partial charge in [-0.1, -0.05) is 0 Å². The number of aryl methyl sites for hydroxylation is 1. The highest BCUT2D eigenvalue weighted by atomic mass is 16.6. The molecule has 0 amide bonds. The Morgan fingerprint density at radius 1 is 1.55 bits per heavy atom. The van der Waals surface area contributed by atoms with E-state index in [1.54, 1.807) is 13.8 Å². The zero-order chi connectivity index (χ0) is 14.9. The molecule has 0 bridgehead atoms. The van der Waals surface area contributed by atoms with Crippen LogP contribution in [0.1, 0.15) is 27.5 Å². The molecule has 0 spiro atoms. The molecule has 106 valence electrons. The summed E-state index contributed by atoms with van der Waals surface area (Å²) in [4.78, 5) is 22.0. The number of hydrogen-bond donors (Lipinski definition) is 0. The van der Waals surface area contributed by atoms with E-state index in [9.17, 15) is 14.9 Å². The summed E-state index contributed by atoms with van der Waals surface area (Å²) in [6.07, 6.45) is 1.36. The molecule has 8 nitrogen and oxygen atoms in total. The average molecular weight is 279 g/mol. The molecule has 2 heterocycles. The molecule has 2 aromatic rings. The van der Waals surface area contributed by atoms with E-state index in [1.165, 1.54) is 24.1 Å². The molecular formula is C12H13N3O5. The number of carbonyl (C=O) groups excluding carboxylic acids is 1. The topological polar surface area (TPSA) is 100 Å². The second kappa shape index (κ2) is 5.16. The van der Waals surface area contributed by atoms with Gasteiger partial charge in [0, 0.05) is 0 Å². The predicted octanol–water partition coefficient (Wildman–Crippen LogP) is 1.84. The van der Waals surface area contributed by atoms with Crippen molar-refractivity contribution < 1.29 is 18.9 Å². The predicted molar refractivity (Wildman–Crippen MR) is 67.5 cm³/mol. The van der Waals surface area contributed by atoms with Gasteiger partial charge in [0.2, 0.25) is 0 Å². The summed E-state index contributed by atoms with van der Waals surface area (Å²) in [5.74, 6) is -0.179. The van der Waals surface area contributed by atoms with E-state index in [0.717, 1.165) is 0 Å². The van der Waals surface area contributed by atoms with Crippen LogP contribution in [0, 0.1) is 24.0 Å². The summed E-state index contributed by atoms with van der Waals surface area (Å²) in [6, 6.07) is 1.49. The first-order chi connectivity index (χ1) is 9.45. The van der Waals surface area contributed by atoms with E-state index in [0.29, 0.717) is 17.1 Å². The lowest BCUT2D eigenvalue weighted by Gasteiger charge is -2.03. The van der Waals surface area contributed by atoms with Crippen LogP contribution in [-0.2, 0) is 11.3 Å². The lowest BCUT2D eigenvalue weighted by Crippen LogP contribution is -2.09. The lowest BCUT2D eigenvalue weighted by molar-refractivity contribution is -0.386. The van der Waals surface area contributed by atoms with Crippen LogP contribution in [0.4, 0.5) is 5.69 Å². The number of nitro groups is 1. The third-order valence-electron chi connectivity index (χ3n) is 2.97. The van der Waals surface area contributed by atoms with Gasteiger partial charge in [-0.15, -0.1) is 0 Å². The molecule has 2 rings (SSSR count). The molecule has 0 saturated carbocycles. The van der Waals surface area contributed by atoms with Gasteiger partial charge in [0.1, 0.15) is 29.3 Å². The van der Waals surface area contributed by atoms with Crippen LogP contribution >= 0.6 is 0 Å². The van der Waals surface area contributed by atoms with Crippen molar-refractivity contribution in [3.8, 4) is 0 Å². The van der Waals surface area contributed by atoms with Crippen molar-refractivity contribution in [1.82, 2.24) is 9.78 Å². The number of hydrogen-bond acceptors (Lipinski definition) is 6. The van der Waals surface area contributed by atoms with Crippen molar-refractivity contribution in [3.63, 3.8) is 0 Å². The van der Waals surface area contributed by atoms with Crippen LogP contribution in [0.2, 0.25) is 0 Å². The third kappa shape index (κ3) is 2.27. The number of nitrogens with zero attached hydrogens (tertiary/aromatic N) is 3. The molecule has 8 heteroatoms. The third-order valence-corrected chi connectivity index (χ3v) is 2.97. The Balaban J connectivity index is 2.37. The van der Waals surface area contributed by atoms with Crippen molar-refractivity contribution in [3.05, 3.63) is 45.2 Å². The number of esters is 1. The molecule has 0 atom stereocenters. The van der Waals surface area contributed by atoms with Crippen molar-refractivity contribution >= 4 is 11.7 Å². The van der Waals surface area contributed by atoms with Gasteiger partial charge in [-0.05, 0) is 19.9 Å². The van der Waals surface area contributed by atoms with Gasteiger partial charge in [-0.2, -0.15) is 5.10 Å². The fourth-order valence-corrected chi connectivity index (χ4v) is 2.00. The highest BCUT2D eigenvalue weighted by molar-refractivity contribution is 5.90. The van der Waals surface area contributed by atoms with Crippen molar-refractivity contribution in [2.45, 2.75) is 20.4 Å². The van der Waals surface area contributed by atoms with Crippen LogP contribution < -0.4 is 0 Å². The van der Waals surface area contributed by atoms with E-state index in [4.69, 9.17) is 4.42 Å². The summed E-state index contributed by atoms with van der Waals surface area (Å²) >= 11 is 0. The van der Waals surface area contributed by atoms with Gasteiger partial charge in [0.15, 0.2) is 0 Å². The molecule has 0 fully saturated rings. The van der Waals surface area contributed by atoms with E-state index in [2.05, 4.69) is 9.84 Å². The first kappa shape index (κ1) is 13.8. The maximum atomic E-state index is 11.5. The van der Waals surface area contributed by atoms with E-state index in [1.807, 2.05) is 0 Å². The molecule has 0 radical (unpaired) electrons. The van der Waals surface area contributed by atoms with E-state index >= 15 is 0 Å². The van der Waals surface area contributed by atoms with Crippen molar-refractivity contribution in [1.29, 1.82) is 0 Å². The zero-order valence-electron chi connectivity index (χ0n) is 11.2. The maximum Gasteiger partial charge on any atom is 0.341 e. The monoisotopic (exact) mass is 279 g/mol. The molecule has 20 heavy (non-hydrogen) atoms. The summed E-state index contributed by atoms with van der Waals surface area (Å²) in [5, 5.41) is 15.0. The first-order valence-electron chi connectivity index (χ1n) is 5.78. The fourth-order valence-electron chi connectivity index (χ4n) is 2.00. The Labute approximate surface area is 114 Å². The Morgan fingerprint density at radius 2 is 2.25 bits per heavy atom. The van der Waals surface area contributed by atoms with Crippen LogP contribution in [-0.4, -0.2) is 27.8 Å². The van der Waals surface area contributed by atoms with Crippen molar-refractivity contribution in [2.24, 2.45) is 0 Å². The summed E-state index contributed by atoms with van der Waals surface area (Å²) in [5.41, 5.74) is 0.970. The summed E-state index contributed by atoms with van der Waals surface area (Å²) in [7, 11) is 1.27. The Morgan fingerprint density at radius 3 is 2.80 bits per heavy atom. The number of aromatic nitrogens is 2. The number of methoxy groups -OCH3 is 1. The highest BCUT2D eigenvalue weighted by Gasteiger charge is 2.23. The Bertz CT molecular complexity index is 671.